The molecule has 0 amide bonds. The first-order valence-corrected chi connectivity index (χ1v) is 8.49. The Morgan fingerprint density at radius 3 is 2.75 bits per heavy atom. The summed E-state index contributed by atoms with van der Waals surface area (Å²) in [5.74, 6) is 0. The third-order valence-corrected chi connectivity index (χ3v) is 5.43. The van der Waals surface area contributed by atoms with E-state index in [1.165, 1.54) is 60.5 Å². The summed E-state index contributed by atoms with van der Waals surface area (Å²) in [4.78, 5) is 6.48. The maximum atomic E-state index is 6.04. The molecule has 20 heavy (non-hydrogen) atoms. The highest BCUT2D eigenvalue weighted by molar-refractivity contribution is 7.19. The first-order valence-electron chi connectivity index (χ1n) is 7.29. The van der Waals surface area contributed by atoms with E-state index in [0.717, 1.165) is 5.02 Å². The van der Waals surface area contributed by atoms with Crippen LogP contribution in [0, 0.1) is 0 Å². The van der Waals surface area contributed by atoms with Gasteiger partial charge >= 0.3 is 0 Å². The number of halogens is 1. The average molecular weight is 309 g/mol. The number of rotatable bonds is 4. The van der Waals surface area contributed by atoms with Crippen molar-refractivity contribution in [2.45, 2.75) is 12.8 Å². The van der Waals surface area contributed by atoms with Crippen molar-refractivity contribution in [2.24, 2.45) is 0 Å². The van der Waals surface area contributed by atoms with E-state index in [9.17, 15) is 0 Å². The lowest BCUT2D eigenvalue weighted by Gasteiger charge is -2.32. The largest absolute Gasteiger partial charge is 0.304 e. The maximum absolute atomic E-state index is 6.04. The van der Waals surface area contributed by atoms with Crippen molar-refractivity contribution in [2.75, 3.05) is 39.8 Å². The Morgan fingerprint density at radius 2 is 1.95 bits per heavy atom. The van der Waals surface area contributed by atoms with Crippen LogP contribution in [0.25, 0.3) is 10.1 Å². The highest BCUT2D eigenvalue weighted by atomic mass is 35.5. The molecule has 0 aliphatic carbocycles. The van der Waals surface area contributed by atoms with Crippen LogP contribution in [0.3, 0.4) is 0 Å². The number of likely N-dealkylation sites (N-methyl/N-ethyl adjacent to an activating group) is 1. The predicted molar refractivity (Wildman–Crippen MR) is 89.1 cm³/mol. The van der Waals surface area contributed by atoms with Gasteiger partial charge in [-0.3, -0.25) is 0 Å². The molecule has 0 atom stereocenters. The normalized spacial score (nSPS) is 17.9. The minimum Gasteiger partial charge on any atom is -0.304 e. The van der Waals surface area contributed by atoms with Gasteiger partial charge in [0.15, 0.2) is 0 Å². The third-order valence-electron chi connectivity index (χ3n) is 4.02. The highest BCUT2D eigenvalue weighted by Gasteiger charge is 2.13. The average Bonchev–Trinajstić information content (AvgIpc) is 2.83. The fourth-order valence-corrected chi connectivity index (χ4v) is 4.01. The second-order valence-electron chi connectivity index (χ2n) is 5.64. The predicted octanol–water partition coefficient (Wildman–Crippen LogP) is 3.73. The minimum absolute atomic E-state index is 0.833. The van der Waals surface area contributed by atoms with Gasteiger partial charge < -0.3 is 9.80 Å². The number of nitrogens with zero attached hydrogens (tertiary/aromatic N) is 2. The molecule has 0 N–H and O–H groups in total. The molecule has 1 aliphatic rings. The molecule has 0 radical (unpaired) electrons. The van der Waals surface area contributed by atoms with E-state index in [1.54, 1.807) is 0 Å². The van der Waals surface area contributed by atoms with E-state index in [0.29, 0.717) is 0 Å². The molecule has 0 spiro atoms. The Morgan fingerprint density at radius 1 is 1.15 bits per heavy atom. The monoisotopic (exact) mass is 308 g/mol. The van der Waals surface area contributed by atoms with E-state index < -0.39 is 0 Å². The number of aryl methyl sites for hydroxylation is 1. The molecule has 1 aliphatic heterocycles. The van der Waals surface area contributed by atoms with Gasteiger partial charge in [-0.2, -0.15) is 0 Å². The fourth-order valence-electron chi connectivity index (χ4n) is 2.74. The summed E-state index contributed by atoms with van der Waals surface area (Å²) in [5, 5.41) is 2.12. The number of hydrogen-bond acceptors (Lipinski definition) is 3. The Kier molecular flexibility index (Phi) is 4.61. The maximum Gasteiger partial charge on any atom is 0.0412 e. The van der Waals surface area contributed by atoms with Gasteiger partial charge in [-0.05, 0) is 56.1 Å². The highest BCUT2D eigenvalue weighted by Crippen LogP contribution is 2.28. The van der Waals surface area contributed by atoms with E-state index >= 15 is 0 Å². The third kappa shape index (κ3) is 3.53. The zero-order valence-electron chi connectivity index (χ0n) is 11.9. The summed E-state index contributed by atoms with van der Waals surface area (Å²) in [7, 11) is 2.21. The zero-order valence-corrected chi connectivity index (χ0v) is 13.5. The van der Waals surface area contributed by atoms with Crippen LogP contribution in [0.15, 0.2) is 24.3 Å². The molecule has 1 aromatic heterocycles. The standard InChI is InChI=1S/C16H21ClN2S/c1-18-7-9-19(10-8-18)6-2-3-15-12-13-11-14(17)4-5-16(13)20-15/h4-5,11-12H,2-3,6-10H2,1H3. The number of piperazine rings is 1. The summed E-state index contributed by atoms with van der Waals surface area (Å²) >= 11 is 7.95. The van der Waals surface area contributed by atoms with Crippen molar-refractivity contribution in [3.8, 4) is 0 Å². The van der Waals surface area contributed by atoms with Crippen LogP contribution in [-0.2, 0) is 6.42 Å². The number of benzene rings is 1. The van der Waals surface area contributed by atoms with Gasteiger partial charge in [-0.1, -0.05) is 11.6 Å². The number of hydrogen-bond donors (Lipinski definition) is 0. The Bertz CT molecular complexity index is 573. The minimum atomic E-state index is 0.833. The lowest BCUT2D eigenvalue weighted by Crippen LogP contribution is -2.44. The Balaban J connectivity index is 1.52. The number of thiophene rings is 1. The van der Waals surface area contributed by atoms with Crippen LogP contribution in [0.1, 0.15) is 11.3 Å². The molecule has 1 aromatic carbocycles. The van der Waals surface area contributed by atoms with Crippen LogP contribution in [0.2, 0.25) is 5.02 Å². The van der Waals surface area contributed by atoms with Gasteiger partial charge in [0.25, 0.3) is 0 Å². The molecule has 4 heteroatoms. The van der Waals surface area contributed by atoms with E-state index in [4.69, 9.17) is 11.6 Å². The van der Waals surface area contributed by atoms with Crippen LogP contribution >= 0.6 is 22.9 Å². The SMILES string of the molecule is CN1CCN(CCCc2cc3cc(Cl)ccc3s2)CC1. The van der Waals surface area contributed by atoms with Gasteiger partial charge in [0.05, 0.1) is 0 Å². The Hall–Kier alpha value is -0.610. The summed E-state index contributed by atoms with van der Waals surface area (Å²) in [6, 6.07) is 8.48. The van der Waals surface area contributed by atoms with Crippen LogP contribution in [0.4, 0.5) is 0 Å². The lowest BCUT2D eigenvalue weighted by molar-refractivity contribution is 0.153. The van der Waals surface area contributed by atoms with Gasteiger partial charge in [-0.15, -0.1) is 11.3 Å². The summed E-state index contributed by atoms with van der Waals surface area (Å²) < 4.78 is 1.35. The van der Waals surface area contributed by atoms with Gasteiger partial charge in [0, 0.05) is 40.8 Å². The van der Waals surface area contributed by atoms with Crippen molar-refractivity contribution in [3.05, 3.63) is 34.2 Å². The van der Waals surface area contributed by atoms with Crippen LogP contribution in [0.5, 0.6) is 0 Å². The molecular formula is C16H21ClN2S. The molecule has 0 bridgehead atoms. The van der Waals surface area contributed by atoms with Crippen LogP contribution in [-0.4, -0.2) is 49.6 Å². The summed E-state index contributed by atoms with van der Waals surface area (Å²) in [6.07, 6.45) is 2.44. The molecule has 1 saturated heterocycles. The summed E-state index contributed by atoms with van der Waals surface area (Å²) in [5.41, 5.74) is 0. The first kappa shape index (κ1) is 14.3. The quantitative estimate of drug-likeness (QED) is 0.849. The molecule has 0 unspecified atom stereocenters. The van der Waals surface area contributed by atoms with Gasteiger partial charge in [0.1, 0.15) is 0 Å². The lowest BCUT2D eigenvalue weighted by atomic mass is 10.2. The fraction of sp³-hybridized carbons (Fsp3) is 0.500. The Labute approximate surface area is 129 Å². The number of fused-ring (bicyclic) bond motifs is 1. The van der Waals surface area contributed by atoms with Crippen molar-refractivity contribution in [3.63, 3.8) is 0 Å². The van der Waals surface area contributed by atoms with Crippen molar-refractivity contribution < 1.29 is 0 Å². The van der Waals surface area contributed by atoms with Gasteiger partial charge in [0.2, 0.25) is 0 Å². The molecule has 108 valence electrons. The second kappa shape index (κ2) is 6.44. The second-order valence-corrected chi connectivity index (χ2v) is 7.25. The van der Waals surface area contributed by atoms with Crippen LogP contribution < -0.4 is 0 Å². The molecule has 3 rings (SSSR count). The summed E-state index contributed by atoms with van der Waals surface area (Å²) in [6.45, 7) is 6.09. The van der Waals surface area contributed by atoms with E-state index in [-0.39, 0.29) is 0 Å². The smallest absolute Gasteiger partial charge is 0.0412 e. The van der Waals surface area contributed by atoms with Crippen molar-refractivity contribution >= 4 is 33.0 Å². The molecule has 1 fully saturated rings. The first-order chi connectivity index (χ1) is 9.70. The molecule has 0 saturated carbocycles. The molecule has 2 aromatic rings. The van der Waals surface area contributed by atoms with E-state index in [1.807, 2.05) is 17.4 Å². The molecule has 2 heterocycles. The zero-order chi connectivity index (χ0) is 13.9. The molecular weight excluding hydrogens is 288 g/mol. The van der Waals surface area contributed by atoms with E-state index in [2.05, 4.69) is 35.0 Å². The van der Waals surface area contributed by atoms with Crippen molar-refractivity contribution in [1.29, 1.82) is 0 Å². The molecule has 2 nitrogen and oxygen atoms in total. The van der Waals surface area contributed by atoms with Crippen molar-refractivity contribution in [1.82, 2.24) is 9.80 Å². The topological polar surface area (TPSA) is 6.48 Å². The van der Waals surface area contributed by atoms with Gasteiger partial charge in [-0.25, -0.2) is 0 Å².